The summed E-state index contributed by atoms with van der Waals surface area (Å²) in [5.41, 5.74) is 12.0. The van der Waals surface area contributed by atoms with E-state index in [4.69, 9.17) is 0 Å². The number of hydrogen-bond donors (Lipinski definition) is 0. The zero-order valence-electron chi connectivity index (χ0n) is 35.3. The lowest BCUT2D eigenvalue weighted by molar-refractivity contribution is 1.29. The van der Waals surface area contributed by atoms with Gasteiger partial charge >= 0.3 is 0 Å². The molecule has 12 rings (SSSR count). The summed E-state index contributed by atoms with van der Waals surface area (Å²) in [5.74, 6) is 0. The Morgan fingerprint density at radius 1 is 0.302 bits per heavy atom. The van der Waals surface area contributed by atoms with Crippen LogP contribution in [0.4, 0.5) is 34.1 Å². The Morgan fingerprint density at radius 2 is 0.873 bits per heavy atom. The second-order valence-electron chi connectivity index (χ2n) is 17.3. The fourth-order valence-electron chi connectivity index (χ4n) is 10.4. The SMILES string of the molecule is C[Si]1(C)c2cc(N(c3ccccc3)c3ccccc3-c3ccccc3)ccc2-c2cc3c4ccccc4c(N(c4ccccc4)c4ccc5ccccc5c4)cc3c3cccc1c23. The number of rotatable bonds is 7. The van der Waals surface area contributed by atoms with E-state index in [9.17, 15) is 0 Å². The van der Waals surface area contributed by atoms with Crippen LogP contribution in [-0.4, -0.2) is 8.07 Å². The average molecular weight is 821 g/mol. The molecule has 0 saturated carbocycles. The van der Waals surface area contributed by atoms with E-state index in [2.05, 4.69) is 253 Å². The van der Waals surface area contributed by atoms with Gasteiger partial charge in [0.05, 0.1) is 11.4 Å². The molecule has 1 aliphatic rings. The summed E-state index contributed by atoms with van der Waals surface area (Å²) >= 11 is 0. The normalized spacial score (nSPS) is 12.7. The molecule has 0 radical (unpaired) electrons. The Bertz CT molecular complexity index is 3540. The lowest BCUT2D eigenvalue weighted by Crippen LogP contribution is -2.56. The molecular weight excluding hydrogens is 777 g/mol. The van der Waals surface area contributed by atoms with Gasteiger partial charge in [0.25, 0.3) is 0 Å². The lowest BCUT2D eigenvalue weighted by Gasteiger charge is -2.36. The minimum Gasteiger partial charge on any atom is -0.310 e. The Hall–Kier alpha value is -7.72. The molecule has 11 aromatic rings. The third-order valence-corrected chi connectivity index (χ3v) is 16.9. The molecule has 3 heteroatoms. The molecule has 0 spiro atoms. The molecule has 0 unspecified atom stereocenters. The fraction of sp³-hybridized carbons (Fsp3) is 0.0333. The van der Waals surface area contributed by atoms with Gasteiger partial charge in [-0.3, -0.25) is 0 Å². The highest BCUT2D eigenvalue weighted by atomic mass is 28.3. The van der Waals surface area contributed by atoms with Crippen LogP contribution in [0.5, 0.6) is 0 Å². The summed E-state index contributed by atoms with van der Waals surface area (Å²) in [7, 11) is -2.26. The number of fused-ring (bicyclic) bond motifs is 7. The quantitative estimate of drug-likeness (QED) is 0.117. The van der Waals surface area contributed by atoms with Crippen molar-refractivity contribution in [2.24, 2.45) is 0 Å². The maximum Gasteiger partial charge on any atom is 0.113 e. The maximum absolute atomic E-state index is 2.55. The molecule has 0 aliphatic carbocycles. The summed E-state index contributed by atoms with van der Waals surface area (Å²) < 4.78 is 0. The summed E-state index contributed by atoms with van der Waals surface area (Å²) in [5, 5.41) is 13.2. The molecule has 0 atom stereocenters. The van der Waals surface area contributed by atoms with E-state index in [-0.39, 0.29) is 0 Å². The maximum atomic E-state index is 2.55. The van der Waals surface area contributed by atoms with Gasteiger partial charge in [-0.05, 0) is 131 Å². The first-order valence-corrected chi connectivity index (χ1v) is 24.9. The van der Waals surface area contributed by atoms with Gasteiger partial charge in [0.2, 0.25) is 0 Å². The van der Waals surface area contributed by atoms with Gasteiger partial charge in [0, 0.05) is 33.7 Å². The molecule has 63 heavy (non-hydrogen) atoms. The van der Waals surface area contributed by atoms with E-state index < -0.39 is 8.07 Å². The summed E-state index contributed by atoms with van der Waals surface area (Å²) in [6.07, 6.45) is 0. The minimum atomic E-state index is -2.26. The molecule has 0 saturated heterocycles. The molecule has 11 aromatic carbocycles. The van der Waals surface area contributed by atoms with Crippen LogP contribution in [-0.2, 0) is 0 Å². The van der Waals surface area contributed by atoms with Crippen molar-refractivity contribution in [1.29, 1.82) is 0 Å². The first-order valence-electron chi connectivity index (χ1n) is 21.9. The molecule has 1 aliphatic heterocycles. The standard InChI is InChI=1S/C60H44N2Si/c1-63(2)58-32-18-30-52-54-40-57(62(45-25-10-5-11-26-45)46-34-33-41-19-12-13-22-43(41)37-46)50-29-15-14-28-49(50)53(54)39-55(60(52)58)51-36-35-47(38-59(51)63)61(44-23-8-4-9-24-44)56-31-17-16-27-48(56)42-20-6-3-7-21-42/h3-40H,1-2H3. The smallest absolute Gasteiger partial charge is 0.113 e. The van der Waals surface area contributed by atoms with Crippen LogP contribution in [0.3, 0.4) is 0 Å². The molecule has 0 amide bonds. The molecule has 1 heterocycles. The van der Waals surface area contributed by atoms with Crippen LogP contribution in [0, 0.1) is 0 Å². The Balaban J connectivity index is 1.09. The van der Waals surface area contributed by atoms with Crippen LogP contribution in [0.2, 0.25) is 13.1 Å². The van der Waals surface area contributed by atoms with Gasteiger partial charge in [-0.25, -0.2) is 0 Å². The van der Waals surface area contributed by atoms with Gasteiger partial charge in [0.1, 0.15) is 8.07 Å². The first kappa shape index (κ1) is 37.1. The van der Waals surface area contributed by atoms with Crippen molar-refractivity contribution < 1.29 is 0 Å². The van der Waals surface area contributed by atoms with Gasteiger partial charge in [-0.15, -0.1) is 0 Å². The first-order chi connectivity index (χ1) is 31.0. The summed E-state index contributed by atoms with van der Waals surface area (Å²) in [4.78, 5) is 4.90. The summed E-state index contributed by atoms with van der Waals surface area (Å²) in [6, 6.07) is 85.1. The van der Waals surface area contributed by atoms with Crippen LogP contribution < -0.4 is 20.2 Å². The highest BCUT2D eigenvalue weighted by molar-refractivity contribution is 7.03. The lowest BCUT2D eigenvalue weighted by atomic mass is 9.89. The van der Waals surface area contributed by atoms with Crippen molar-refractivity contribution in [2.75, 3.05) is 9.80 Å². The second kappa shape index (κ2) is 14.7. The second-order valence-corrected chi connectivity index (χ2v) is 21.6. The molecule has 0 bridgehead atoms. The molecular formula is C60H44N2Si. The average Bonchev–Trinajstić information content (AvgIpc) is 3.34. The van der Waals surface area contributed by atoms with Crippen molar-refractivity contribution in [3.63, 3.8) is 0 Å². The van der Waals surface area contributed by atoms with Crippen LogP contribution in [0.25, 0.3) is 65.3 Å². The Kier molecular flexibility index (Phi) is 8.67. The third kappa shape index (κ3) is 6.00. The molecule has 0 fully saturated rings. The molecule has 0 aromatic heterocycles. The van der Waals surface area contributed by atoms with E-state index in [1.807, 2.05) is 0 Å². The largest absolute Gasteiger partial charge is 0.310 e. The highest BCUT2D eigenvalue weighted by Crippen LogP contribution is 2.48. The van der Waals surface area contributed by atoms with Crippen molar-refractivity contribution in [1.82, 2.24) is 0 Å². The monoisotopic (exact) mass is 820 g/mol. The topological polar surface area (TPSA) is 6.48 Å². The highest BCUT2D eigenvalue weighted by Gasteiger charge is 2.37. The van der Waals surface area contributed by atoms with Gasteiger partial charge < -0.3 is 9.80 Å². The molecule has 0 N–H and O–H groups in total. The molecule has 2 nitrogen and oxygen atoms in total. The van der Waals surface area contributed by atoms with Crippen LogP contribution in [0.15, 0.2) is 231 Å². The number of hydrogen-bond acceptors (Lipinski definition) is 2. The van der Waals surface area contributed by atoms with Crippen molar-refractivity contribution in [3.8, 4) is 22.3 Å². The zero-order chi connectivity index (χ0) is 42.1. The van der Waals surface area contributed by atoms with E-state index in [0.29, 0.717) is 0 Å². The summed E-state index contributed by atoms with van der Waals surface area (Å²) in [6.45, 7) is 5.09. The zero-order valence-corrected chi connectivity index (χ0v) is 36.3. The van der Waals surface area contributed by atoms with Crippen molar-refractivity contribution >= 4 is 95.7 Å². The Labute approximate surface area is 369 Å². The number of anilines is 6. The van der Waals surface area contributed by atoms with Crippen molar-refractivity contribution in [3.05, 3.63) is 231 Å². The minimum absolute atomic E-state index is 1.13. The predicted octanol–water partition coefficient (Wildman–Crippen LogP) is 15.7. The van der Waals surface area contributed by atoms with Crippen LogP contribution in [0.1, 0.15) is 0 Å². The van der Waals surface area contributed by atoms with E-state index >= 15 is 0 Å². The van der Waals surface area contributed by atoms with Gasteiger partial charge in [0.15, 0.2) is 0 Å². The van der Waals surface area contributed by atoms with E-state index in [1.54, 1.807) is 0 Å². The fourth-order valence-corrected chi connectivity index (χ4v) is 13.5. The number of nitrogens with zero attached hydrogens (tertiary/aromatic N) is 2. The molecule has 298 valence electrons. The van der Waals surface area contributed by atoms with E-state index in [1.165, 1.54) is 87.1 Å². The Morgan fingerprint density at radius 3 is 1.63 bits per heavy atom. The van der Waals surface area contributed by atoms with Crippen molar-refractivity contribution in [2.45, 2.75) is 13.1 Å². The predicted molar refractivity (Wildman–Crippen MR) is 273 cm³/mol. The van der Waals surface area contributed by atoms with Gasteiger partial charge in [-0.2, -0.15) is 0 Å². The third-order valence-electron chi connectivity index (χ3n) is 13.4. The number of benzene rings is 11. The van der Waals surface area contributed by atoms with Gasteiger partial charge in [-0.1, -0.05) is 177 Å². The number of para-hydroxylation sites is 3. The van der Waals surface area contributed by atoms with Crippen LogP contribution >= 0.6 is 0 Å². The van der Waals surface area contributed by atoms with E-state index in [0.717, 1.165) is 22.7 Å².